The van der Waals surface area contributed by atoms with Crippen molar-refractivity contribution in [2.45, 2.75) is 6.42 Å². The van der Waals surface area contributed by atoms with Gasteiger partial charge in [-0.25, -0.2) is 0 Å². The Labute approximate surface area is 137 Å². The van der Waals surface area contributed by atoms with Gasteiger partial charge in [0.1, 0.15) is 17.8 Å². The maximum Gasteiger partial charge on any atom is 0.150 e. The van der Waals surface area contributed by atoms with Gasteiger partial charge in [-0.3, -0.25) is 4.79 Å². The lowest BCUT2D eigenvalue weighted by atomic mass is 9.95. The molecule has 22 heavy (non-hydrogen) atoms. The zero-order chi connectivity index (χ0) is 15.5. The molecular weight excluding hydrogens is 344 g/mol. The Morgan fingerprint density at radius 2 is 1.95 bits per heavy atom. The topological polar surface area (TPSA) is 35.5 Å². The van der Waals surface area contributed by atoms with E-state index in [1.807, 2.05) is 42.5 Å². The van der Waals surface area contributed by atoms with Crippen LogP contribution in [0.2, 0.25) is 0 Å². The van der Waals surface area contributed by atoms with Crippen molar-refractivity contribution in [1.29, 1.82) is 0 Å². The predicted molar refractivity (Wildman–Crippen MR) is 89.9 cm³/mol. The summed E-state index contributed by atoms with van der Waals surface area (Å²) in [7, 11) is 1.64. The smallest absolute Gasteiger partial charge is 0.150 e. The first-order valence-corrected chi connectivity index (χ1v) is 7.77. The molecule has 112 valence electrons. The highest BCUT2D eigenvalue weighted by atomic mass is 79.9. The number of hydrogen-bond acceptors (Lipinski definition) is 3. The molecule has 0 radical (unpaired) electrons. The van der Waals surface area contributed by atoms with Crippen LogP contribution in [-0.2, 0) is 0 Å². The van der Waals surface area contributed by atoms with Crippen LogP contribution in [0.15, 0.2) is 46.9 Å². The maximum absolute atomic E-state index is 10.8. The lowest BCUT2D eigenvalue weighted by Gasteiger charge is -2.13. The van der Waals surface area contributed by atoms with Crippen LogP contribution >= 0.6 is 15.9 Å². The van der Waals surface area contributed by atoms with Gasteiger partial charge in [0.15, 0.2) is 0 Å². The Hall–Kier alpha value is -2.07. The van der Waals surface area contributed by atoms with Gasteiger partial charge >= 0.3 is 0 Å². The van der Waals surface area contributed by atoms with Crippen molar-refractivity contribution in [2.24, 2.45) is 0 Å². The second-order valence-electron chi connectivity index (χ2n) is 4.98. The second kappa shape index (κ2) is 6.36. The molecule has 0 fully saturated rings. The Morgan fingerprint density at radius 3 is 2.64 bits per heavy atom. The number of hydrogen-bond donors (Lipinski definition) is 0. The van der Waals surface area contributed by atoms with Gasteiger partial charge in [-0.15, -0.1) is 0 Å². The van der Waals surface area contributed by atoms with Crippen molar-refractivity contribution in [3.05, 3.63) is 63.6 Å². The van der Waals surface area contributed by atoms with Crippen LogP contribution in [0.3, 0.4) is 0 Å². The number of rotatable bonds is 3. The Balaban J connectivity index is 2.14. The molecule has 0 bridgehead atoms. The fraction of sp³-hybridized carbons (Fsp3) is 0.167. The lowest BCUT2D eigenvalue weighted by molar-refractivity contribution is 0.112. The van der Waals surface area contributed by atoms with Crippen molar-refractivity contribution in [3.63, 3.8) is 0 Å². The summed E-state index contributed by atoms with van der Waals surface area (Å²) in [6.45, 7) is 0.608. The molecule has 0 aromatic heterocycles. The van der Waals surface area contributed by atoms with Crippen LogP contribution < -0.4 is 9.47 Å². The molecule has 0 N–H and O–H groups in total. The number of aldehydes is 1. The van der Waals surface area contributed by atoms with Gasteiger partial charge < -0.3 is 9.47 Å². The Morgan fingerprint density at radius 1 is 1.18 bits per heavy atom. The number of benzene rings is 2. The van der Waals surface area contributed by atoms with E-state index in [0.29, 0.717) is 12.2 Å². The third-order valence-electron chi connectivity index (χ3n) is 3.64. The molecule has 1 heterocycles. The van der Waals surface area contributed by atoms with Crippen molar-refractivity contribution >= 4 is 27.8 Å². The Kier molecular flexibility index (Phi) is 4.29. The summed E-state index contributed by atoms with van der Waals surface area (Å²) in [4.78, 5) is 10.8. The molecule has 1 aliphatic rings. The van der Waals surface area contributed by atoms with Gasteiger partial charge in [-0.2, -0.15) is 0 Å². The maximum atomic E-state index is 10.8. The molecule has 0 atom stereocenters. The molecule has 0 unspecified atom stereocenters. The van der Waals surface area contributed by atoms with E-state index in [0.717, 1.165) is 45.4 Å². The van der Waals surface area contributed by atoms with E-state index in [-0.39, 0.29) is 0 Å². The SMILES string of the molecule is COc1ccc2c(c1)OCCC(Br)=C2c1ccc(C=O)cc1. The molecule has 0 saturated heterocycles. The van der Waals surface area contributed by atoms with Crippen molar-refractivity contribution in [1.82, 2.24) is 0 Å². The van der Waals surface area contributed by atoms with Crippen LogP contribution in [-0.4, -0.2) is 20.0 Å². The van der Waals surface area contributed by atoms with E-state index in [1.165, 1.54) is 0 Å². The van der Waals surface area contributed by atoms with Crippen molar-refractivity contribution in [2.75, 3.05) is 13.7 Å². The molecule has 0 spiro atoms. The predicted octanol–water partition coefficient (Wildman–Crippen LogP) is 4.44. The van der Waals surface area contributed by atoms with Crippen molar-refractivity contribution < 1.29 is 14.3 Å². The van der Waals surface area contributed by atoms with Gasteiger partial charge in [0, 0.05) is 33.7 Å². The minimum atomic E-state index is 0.608. The van der Waals surface area contributed by atoms with E-state index in [9.17, 15) is 4.79 Å². The monoisotopic (exact) mass is 358 g/mol. The van der Waals surface area contributed by atoms with Crippen LogP contribution in [0, 0.1) is 0 Å². The summed E-state index contributed by atoms with van der Waals surface area (Å²) in [5.41, 5.74) is 3.83. The first-order valence-electron chi connectivity index (χ1n) is 6.98. The molecule has 0 saturated carbocycles. The lowest BCUT2D eigenvalue weighted by Crippen LogP contribution is -1.96. The number of carbonyl (C=O) groups is 1. The molecule has 1 aliphatic heterocycles. The quantitative estimate of drug-likeness (QED) is 0.760. The minimum Gasteiger partial charge on any atom is -0.497 e. The zero-order valence-corrected chi connectivity index (χ0v) is 13.7. The molecule has 4 heteroatoms. The molecule has 3 nitrogen and oxygen atoms in total. The molecule has 2 aromatic carbocycles. The van der Waals surface area contributed by atoms with Crippen LogP contribution in [0.25, 0.3) is 5.57 Å². The van der Waals surface area contributed by atoms with Gasteiger partial charge in [0.2, 0.25) is 0 Å². The summed E-state index contributed by atoms with van der Waals surface area (Å²) in [6, 6.07) is 13.4. The first-order chi connectivity index (χ1) is 10.7. The molecule has 0 aliphatic carbocycles. The van der Waals surface area contributed by atoms with Crippen LogP contribution in [0.4, 0.5) is 0 Å². The molecule has 3 rings (SSSR count). The van der Waals surface area contributed by atoms with Crippen LogP contribution in [0.5, 0.6) is 11.5 Å². The largest absolute Gasteiger partial charge is 0.497 e. The molecular formula is C18H15BrO3. The average Bonchev–Trinajstić information content (AvgIpc) is 2.72. The third kappa shape index (κ3) is 2.79. The number of methoxy groups -OCH3 is 1. The first kappa shape index (κ1) is 14.9. The minimum absolute atomic E-state index is 0.608. The summed E-state index contributed by atoms with van der Waals surface area (Å²) < 4.78 is 12.2. The average molecular weight is 359 g/mol. The normalized spacial score (nSPS) is 13.9. The zero-order valence-electron chi connectivity index (χ0n) is 12.1. The third-order valence-corrected chi connectivity index (χ3v) is 4.44. The Bertz CT molecular complexity index is 732. The van der Waals surface area contributed by atoms with Gasteiger partial charge in [-0.05, 0) is 17.7 Å². The second-order valence-corrected chi connectivity index (χ2v) is 5.94. The van der Waals surface area contributed by atoms with Gasteiger partial charge in [0.25, 0.3) is 0 Å². The number of halogens is 1. The summed E-state index contributed by atoms with van der Waals surface area (Å²) in [6.07, 6.45) is 1.64. The van der Waals surface area contributed by atoms with E-state index in [1.54, 1.807) is 7.11 Å². The van der Waals surface area contributed by atoms with Gasteiger partial charge in [-0.1, -0.05) is 40.2 Å². The number of ether oxygens (including phenoxy) is 2. The number of carbonyl (C=O) groups excluding carboxylic acids is 1. The van der Waals surface area contributed by atoms with Crippen molar-refractivity contribution in [3.8, 4) is 11.5 Å². The highest BCUT2D eigenvalue weighted by Crippen LogP contribution is 2.40. The van der Waals surface area contributed by atoms with E-state index in [2.05, 4.69) is 15.9 Å². The van der Waals surface area contributed by atoms with Gasteiger partial charge in [0.05, 0.1) is 13.7 Å². The summed E-state index contributed by atoms with van der Waals surface area (Å²) >= 11 is 3.68. The standard InChI is InChI=1S/C18H15BrO3/c1-21-14-6-7-15-17(10-14)22-9-8-16(19)18(15)13-4-2-12(11-20)3-5-13/h2-7,10-11H,8-9H2,1H3. The fourth-order valence-electron chi connectivity index (χ4n) is 2.52. The summed E-state index contributed by atoms with van der Waals surface area (Å²) in [5.74, 6) is 1.58. The van der Waals surface area contributed by atoms with E-state index in [4.69, 9.17) is 9.47 Å². The van der Waals surface area contributed by atoms with E-state index < -0.39 is 0 Å². The highest BCUT2D eigenvalue weighted by Gasteiger charge is 2.19. The fourth-order valence-corrected chi connectivity index (χ4v) is 3.12. The van der Waals surface area contributed by atoms with Crippen LogP contribution in [0.1, 0.15) is 27.9 Å². The highest BCUT2D eigenvalue weighted by molar-refractivity contribution is 9.11. The molecule has 0 amide bonds. The molecule has 2 aromatic rings. The summed E-state index contributed by atoms with van der Waals surface area (Å²) in [5, 5.41) is 0. The number of fused-ring (bicyclic) bond motifs is 1. The van der Waals surface area contributed by atoms with E-state index >= 15 is 0 Å².